The predicted octanol–water partition coefficient (Wildman–Crippen LogP) is 1.58. The quantitative estimate of drug-likeness (QED) is 0.592. The fourth-order valence-corrected chi connectivity index (χ4v) is 0.868. The molecular weight excluding hydrogens is 202 g/mol. The molecule has 1 heterocycles. The number of pyridine rings is 1. The first-order valence-electron chi connectivity index (χ1n) is 4.17. The SMILES string of the molecule is CCCOc1ccnc(C(=N)N)c1.Cl. The molecule has 0 saturated carbocycles. The lowest BCUT2D eigenvalue weighted by Gasteiger charge is -2.04. The first-order valence-corrected chi connectivity index (χ1v) is 4.17. The Morgan fingerprint density at radius 3 is 2.93 bits per heavy atom. The smallest absolute Gasteiger partial charge is 0.141 e. The number of halogens is 1. The molecule has 0 aliphatic rings. The Balaban J connectivity index is 0.00000169. The Morgan fingerprint density at radius 2 is 2.36 bits per heavy atom. The van der Waals surface area contributed by atoms with Gasteiger partial charge in [-0.3, -0.25) is 10.4 Å². The van der Waals surface area contributed by atoms with Crippen LogP contribution in [-0.4, -0.2) is 17.4 Å². The van der Waals surface area contributed by atoms with E-state index >= 15 is 0 Å². The molecule has 0 aromatic carbocycles. The minimum atomic E-state index is -0.0399. The Morgan fingerprint density at radius 1 is 1.64 bits per heavy atom. The maximum absolute atomic E-state index is 7.17. The second-order valence-corrected chi connectivity index (χ2v) is 2.64. The van der Waals surface area contributed by atoms with Crippen LogP contribution in [0.4, 0.5) is 0 Å². The minimum absolute atomic E-state index is 0. The normalized spacial score (nSPS) is 8.93. The summed E-state index contributed by atoms with van der Waals surface area (Å²) in [6.45, 7) is 2.70. The van der Waals surface area contributed by atoms with Crippen LogP contribution in [0.3, 0.4) is 0 Å². The van der Waals surface area contributed by atoms with E-state index in [2.05, 4.69) is 4.98 Å². The number of hydrogen-bond donors (Lipinski definition) is 2. The Kier molecular flexibility index (Phi) is 5.64. The van der Waals surface area contributed by atoms with Gasteiger partial charge < -0.3 is 10.5 Å². The monoisotopic (exact) mass is 215 g/mol. The van der Waals surface area contributed by atoms with Crippen molar-refractivity contribution in [2.45, 2.75) is 13.3 Å². The maximum Gasteiger partial charge on any atom is 0.141 e. The van der Waals surface area contributed by atoms with Crippen LogP contribution in [-0.2, 0) is 0 Å². The molecular formula is C9H14ClN3O. The summed E-state index contributed by atoms with van der Waals surface area (Å²) in [6.07, 6.45) is 2.54. The zero-order chi connectivity index (χ0) is 9.68. The van der Waals surface area contributed by atoms with E-state index < -0.39 is 0 Å². The Hall–Kier alpha value is -1.29. The number of nitrogen functional groups attached to an aromatic ring is 1. The summed E-state index contributed by atoms with van der Waals surface area (Å²) < 4.78 is 5.35. The zero-order valence-corrected chi connectivity index (χ0v) is 8.80. The third-order valence-corrected chi connectivity index (χ3v) is 1.48. The highest BCUT2D eigenvalue weighted by Crippen LogP contribution is 2.10. The topological polar surface area (TPSA) is 72.0 Å². The van der Waals surface area contributed by atoms with E-state index in [-0.39, 0.29) is 18.2 Å². The molecule has 0 fully saturated rings. The lowest BCUT2D eigenvalue weighted by atomic mass is 10.3. The highest BCUT2D eigenvalue weighted by molar-refractivity contribution is 5.93. The number of nitrogens with zero attached hydrogens (tertiary/aromatic N) is 1. The van der Waals surface area contributed by atoms with Crippen molar-refractivity contribution in [1.82, 2.24) is 4.98 Å². The summed E-state index contributed by atoms with van der Waals surface area (Å²) in [5, 5.41) is 7.17. The van der Waals surface area contributed by atoms with Gasteiger partial charge in [-0.15, -0.1) is 12.4 Å². The fourth-order valence-electron chi connectivity index (χ4n) is 0.868. The van der Waals surface area contributed by atoms with Gasteiger partial charge in [-0.25, -0.2) is 0 Å². The third kappa shape index (κ3) is 3.62. The molecule has 0 aliphatic heterocycles. The van der Waals surface area contributed by atoms with Gasteiger partial charge in [-0.05, 0) is 12.5 Å². The lowest BCUT2D eigenvalue weighted by Crippen LogP contribution is -2.13. The summed E-state index contributed by atoms with van der Waals surface area (Å²) in [4.78, 5) is 3.92. The first kappa shape index (κ1) is 12.7. The van der Waals surface area contributed by atoms with Gasteiger partial charge in [0.25, 0.3) is 0 Å². The maximum atomic E-state index is 7.17. The first-order chi connectivity index (χ1) is 6.24. The summed E-state index contributed by atoms with van der Waals surface area (Å²) in [5.41, 5.74) is 5.73. The molecule has 0 amide bonds. The number of nitrogens with one attached hydrogen (secondary N) is 1. The second-order valence-electron chi connectivity index (χ2n) is 2.64. The number of hydrogen-bond acceptors (Lipinski definition) is 3. The van der Waals surface area contributed by atoms with Crippen LogP contribution in [0.1, 0.15) is 19.0 Å². The van der Waals surface area contributed by atoms with Gasteiger partial charge in [0.1, 0.15) is 17.3 Å². The molecule has 0 bridgehead atoms. The van der Waals surface area contributed by atoms with Gasteiger partial charge in [0.05, 0.1) is 6.61 Å². The summed E-state index contributed by atoms with van der Waals surface area (Å²) in [7, 11) is 0. The second kappa shape index (κ2) is 6.21. The van der Waals surface area contributed by atoms with Crippen molar-refractivity contribution in [3.05, 3.63) is 24.0 Å². The van der Waals surface area contributed by atoms with Crippen LogP contribution in [0.15, 0.2) is 18.3 Å². The van der Waals surface area contributed by atoms with Crippen molar-refractivity contribution < 1.29 is 4.74 Å². The lowest BCUT2D eigenvalue weighted by molar-refractivity contribution is 0.317. The minimum Gasteiger partial charge on any atom is -0.493 e. The molecule has 0 atom stereocenters. The van der Waals surface area contributed by atoms with Gasteiger partial charge in [0, 0.05) is 12.3 Å². The van der Waals surface area contributed by atoms with Crippen molar-refractivity contribution in [2.75, 3.05) is 6.61 Å². The van der Waals surface area contributed by atoms with E-state index in [0.29, 0.717) is 18.1 Å². The molecule has 0 saturated heterocycles. The molecule has 0 aliphatic carbocycles. The predicted molar refractivity (Wildman–Crippen MR) is 58.3 cm³/mol. The standard InChI is InChI=1S/C9H13N3O.ClH/c1-2-5-13-7-3-4-12-8(6-7)9(10)11;/h3-4,6H,2,5H2,1H3,(H3,10,11);1H. The highest BCUT2D eigenvalue weighted by Gasteiger charge is 1.99. The molecule has 0 spiro atoms. The van der Waals surface area contributed by atoms with Crippen molar-refractivity contribution >= 4 is 18.2 Å². The molecule has 3 N–H and O–H groups in total. The molecule has 4 nitrogen and oxygen atoms in total. The number of rotatable bonds is 4. The Labute approximate surface area is 89.4 Å². The van der Waals surface area contributed by atoms with E-state index in [1.54, 1.807) is 18.3 Å². The van der Waals surface area contributed by atoms with Gasteiger partial charge in [-0.1, -0.05) is 6.92 Å². The average molecular weight is 216 g/mol. The molecule has 78 valence electrons. The molecule has 0 unspecified atom stereocenters. The third-order valence-electron chi connectivity index (χ3n) is 1.48. The van der Waals surface area contributed by atoms with Crippen LogP contribution in [0.25, 0.3) is 0 Å². The van der Waals surface area contributed by atoms with E-state index in [9.17, 15) is 0 Å². The van der Waals surface area contributed by atoms with Crippen molar-refractivity contribution in [2.24, 2.45) is 5.73 Å². The van der Waals surface area contributed by atoms with Crippen LogP contribution in [0.2, 0.25) is 0 Å². The number of nitrogens with two attached hydrogens (primary N) is 1. The molecule has 1 aromatic heterocycles. The summed E-state index contributed by atoms with van der Waals surface area (Å²) >= 11 is 0. The molecule has 14 heavy (non-hydrogen) atoms. The number of ether oxygens (including phenoxy) is 1. The van der Waals surface area contributed by atoms with E-state index in [4.69, 9.17) is 15.9 Å². The molecule has 5 heteroatoms. The number of amidine groups is 1. The number of aromatic nitrogens is 1. The van der Waals surface area contributed by atoms with Crippen molar-refractivity contribution in [3.63, 3.8) is 0 Å². The van der Waals surface area contributed by atoms with Crippen molar-refractivity contribution in [1.29, 1.82) is 5.41 Å². The molecule has 0 radical (unpaired) electrons. The fraction of sp³-hybridized carbons (Fsp3) is 0.333. The average Bonchev–Trinajstić information content (AvgIpc) is 2.15. The largest absolute Gasteiger partial charge is 0.493 e. The van der Waals surface area contributed by atoms with Crippen LogP contribution >= 0.6 is 12.4 Å². The van der Waals surface area contributed by atoms with Gasteiger partial charge in [0.2, 0.25) is 0 Å². The van der Waals surface area contributed by atoms with Gasteiger partial charge in [-0.2, -0.15) is 0 Å². The van der Waals surface area contributed by atoms with Crippen molar-refractivity contribution in [3.8, 4) is 5.75 Å². The Bertz CT molecular complexity index is 304. The highest BCUT2D eigenvalue weighted by atomic mass is 35.5. The molecule has 1 aromatic rings. The zero-order valence-electron chi connectivity index (χ0n) is 7.99. The summed E-state index contributed by atoms with van der Waals surface area (Å²) in [5.74, 6) is 0.670. The van der Waals surface area contributed by atoms with Gasteiger partial charge in [0.15, 0.2) is 0 Å². The van der Waals surface area contributed by atoms with E-state index in [1.807, 2.05) is 6.92 Å². The summed E-state index contributed by atoms with van der Waals surface area (Å²) in [6, 6.07) is 3.42. The van der Waals surface area contributed by atoms with E-state index in [1.165, 1.54) is 0 Å². The van der Waals surface area contributed by atoms with Crippen LogP contribution in [0, 0.1) is 5.41 Å². The van der Waals surface area contributed by atoms with Crippen LogP contribution < -0.4 is 10.5 Å². The van der Waals surface area contributed by atoms with Gasteiger partial charge >= 0.3 is 0 Å². The molecule has 1 rings (SSSR count). The van der Waals surface area contributed by atoms with E-state index in [0.717, 1.165) is 6.42 Å². The van der Waals surface area contributed by atoms with Crippen LogP contribution in [0.5, 0.6) is 5.75 Å².